The van der Waals surface area contributed by atoms with Crippen LogP contribution in [0.15, 0.2) is 53.9 Å². The SMILES string of the molecule is CC(=O)O.CC(C)C1CN(c2cnc(C(=O)NCCO)cn2)CCN1C(=Nc1cccc2ncccc12)NC#N. The zero-order valence-electron chi connectivity index (χ0n) is 22.7. The lowest BCUT2D eigenvalue weighted by Gasteiger charge is -2.44. The van der Waals surface area contributed by atoms with Crippen molar-refractivity contribution in [2.24, 2.45) is 10.9 Å². The van der Waals surface area contributed by atoms with E-state index < -0.39 is 5.97 Å². The first kappa shape index (κ1) is 29.7. The van der Waals surface area contributed by atoms with Gasteiger partial charge in [-0.05, 0) is 30.2 Å². The van der Waals surface area contributed by atoms with E-state index in [1.165, 1.54) is 6.20 Å². The summed E-state index contributed by atoms with van der Waals surface area (Å²) >= 11 is 0. The number of piperazine rings is 1. The first-order valence-electron chi connectivity index (χ1n) is 12.7. The average Bonchev–Trinajstić information content (AvgIpc) is 2.95. The molecule has 40 heavy (non-hydrogen) atoms. The Bertz CT molecular complexity index is 1360. The number of aliphatic carboxylic acids is 1. The van der Waals surface area contributed by atoms with Gasteiger partial charge in [0.15, 0.2) is 6.19 Å². The van der Waals surface area contributed by atoms with Crippen LogP contribution in [0.25, 0.3) is 10.9 Å². The molecule has 210 valence electrons. The Balaban J connectivity index is 0.00000103. The lowest BCUT2D eigenvalue weighted by atomic mass is 10.00. The summed E-state index contributed by atoms with van der Waals surface area (Å²) in [5.41, 5.74) is 1.78. The number of benzene rings is 1. The first-order valence-corrected chi connectivity index (χ1v) is 12.7. The maximum Gasteiger partial charge on any atom is 0.300 e. The topological polar surface area (TPSA) is 180 Å². The Morgan fingerprint density at radius 2 is 1.95 bits per heavy atom. The molecule has 0 spiro atoms. The normalized spacial score (nSPS) is 15.2. The van der Waals surface area contributed by atoms with E-state index in [9.17, 15) is 10.1 Å². The molecule has 1 aliphatic heterocycles. The highest BCUT2D eigenvalue weighted by molar-refractivity contribution is 5.94. The number of amides is 1. The van der Waals surface area contributed by atoms with Crippen molar-refractivity contribution in [2.45, 2.75) is 26.8 Å². The van der Waals surface area contributed by atoms with E-state index in [-0.39, 0.29) is 36.7 Å². The van der Waals surface area contributed by atoms with E-state index in [0.29, 0.717) is 31.4 Å². The van der Waals surface area contributed by atoms with Gasteiger partial charge in [0.25, 0.3) is 11.9 Å². The van der Waals surface area contributed by atoms with Crippen molar-refractivity contribution in [3.63, 3.8) is 0 Å². The maximum atomic E-state index is 12.0. The molecule has 1 amide bonds. The zero-order valence-corrected chi connectivity index (χ0v) is 22.7. The predicted molar refractivity (Wildman–Crippen MR) is 150 cm³/mol. The predicted octanol–water partition coefficient (Wildman–Crippen LogP) is 1.74. The minimum absolute atomic E-state index is 0.0424. The van der Waals surface area contributed by atoms with Gasteiger partial charge in [-0.15, -0.1) is 0 Å². The van der Waals surface area contributed by atoms with E-state index in [4.69, 9.17) is 20.0 Å². The summed E-state index contributed by atoms with van der Waals surface area (Å²) in [5.74, 6) is 0.212. The minimum atomic E-state index is -0.833. The molecule has 0 bridgehead atoms. The number of aliphatic imine (C=N–C) groups is 1. The molecule has 13 heteroatoms. The van der Waals surface area contributed by atoms with E-state index >= 15 is 0 Å². The number of aliphatic hydroxyl groups excluding tert-OH is 1. The molecule has 2 aromatic heterocycles. The highest BCUT2D eigenvalue weighted by Crippen LogP contribution is 2.26. The smallest absolute Gasteiger partial charge is 0.300 e. The van der Waals surface area contributed by atoms with Crippen LogP contribution in [0.1, 0.15) is 31.3 Å². The molecule has 3 aromatic rings. The van der Waals surface area contributed by atoms with Gasteiger partial charge in [-0.25, -0.2) is 15.0 Å². The largest absolute Gasteiger partial charge is 0.481 e. The second-order valence-corrected chi connectivity index (χ2v) is 9.23. The van der Waals surface area contributed by atoms with Gasteiger partial charge in [0.05, 0.1) is 36.2 Å². The van der Waals surface area contributed by atoms with E-state index in [1.54, 1.807) is 12.4 Å². The monoisotopic (exact) mass is 547 g/mol. The number of aromatic nitrogens is 3. The molecule has 3 heterocycles. The van der Waals surface area contributed by atoms with Crippen LogP contribution in [0.2, 0.25) is 0 Å². The average molecular weight is 548 g/mol. The number of carbonyl (C=O) groups is 2. The maximum absolute atomic E-state index is 12.0. The summed E-state index contributed by atoms with van der Waals surface area (Å²) < 4.78 is 0. The number of aliphatic hydroxyl groups is 1. The van der Waals surface area contributed by atoms with Crippen molar-refractivity contribution in [3.8, 4) is 6.19 Å². The van der Waals surface area contributed by atoms with Crippen molar-refractivity contribution in [3.05, 3.63) is 54.6 Å². The van der Waals surface area contributed by atoms with Crippen LogP contribution in [0.4, 0.5) is 11.5 Å². The number of hydrogen-bond donors (Lipinski definition) is 4. The quantitative estimate of drug-likeness (QED) is 0.153. The number of carboxylic acid groups (broad SMARTS) is 1. The van der Waals surface area contributed by atoms with Gasteiger partial charge < -0.3 is 25.3 Å². The molecule has 0 saturated carbocycles. The molecule has 0 radical (unpaired) electrons. The molecule has 1 aliphatic rings. The number of rotatable bonds is 6. The number of guanidine groups is 1. The number of nitrogens with one attached hydrogen (secondary N) is 2. The van der Waals surface area contributed by atoms with Gasteiger partial charge >= 0.3 is 0 Å². The third kappa shape index (κ3) is 7.84. The van der Waals surface area contributed by atoms with Crippen LogP contribution >= 0.6 is 0 Å². The summed E-state index contributed by atoms with van der Waals surface area (Å²) in [7, 11) is 0. The van der Waals surface area contributed by atoms with Crippen LogP contribution < -0.4 is 15.5 Å². The minimum Gasteiger partial charge on any atom is -0.481 e. The molecule has 1 saturated heterocycles. The molecular formula is C27H33N9O4. The van der Waals surface area contributed by atoms with E-state index in [1.807, 2.05) is 36.5 Å². The van der Waals surface area contributed by atoms with Crippen molar-refractivity contribution in [1.82, 2.24) is 30.5 Å². The molecule has 4 N–H and O–H groups in total. The molecule has 1 aromatic carbocycles. The van der Waals surface area contributed by atoms with Gasteiger partial charge in [0, 0.05) is 44.7 Å². The Labute approximate surface area is 232 Å². The molecule has 1 atom stereocenters. The van der Waals surface area contributed by atoms with Crippen molar-refractivity contribution < 1.29 is 19.8 Å². The van der Waals surface area contributed by atoms with Gasteiger partial charge in [0.1, 0.15) is 11.5 Å². The van der Waals surface area contributed by atoms with Crippen LogP contribution in [0.3, 0.4) is 0 Å². The van der Waals surface area contributed by atoms with E-state index in [2.05, 4.69) is 49.2 Å². The summed E-state index contributed by atoms with van der Waals surface area (Å²) in [4.78, 5) is 43.2. The van der Waals surface area contributed by atoms with Gasteiger partial charge in [-0.2, -0.15) is 5.26 Å². The number of nitrogens with zero attached hydrogens (tertiary/aromatic N) is 7. The van der Waals surface area contributed by atoms with Gasteiger partial charge in [-0.3, -0.25) is 19.9 Å². The second kappa shape index (κ2) is 14.4. The Hall–Kier alpha value is -4.83. The van der Waals surface area contributed by atoms with Crippen LogP contribution in [-0.2, 0) is 4.79 Å². The second-order valence-electron chi connectivity index (χ2n) is 9.23. The number of anilines is 1. The third-order valence-corrected chi connectivity index (χ3v) is 6.07. The van der Waals surface area contributed by atoms with Crippen LogP contribution in [-0.4, -0.2) is 86.7 Å². The third-order valence-electron chi connectivity index (χ3n) is 6.07. The fourth-order valence-corrected chi connectivity index (χ4v) is 4.23. The highest BCUT2D eigenvalue weighted by Gasteiger charge is 2.32. The number of carbonyl (C=O) groups excluding carboxylic acids is 1. The van der Waals surface area contributed by atoms with Crippen LogP contribution in [0.5, 0.6) is 0 Å². The Morgan fingerprint density at radius 1 is 1.18 bits per heavy atom. The first-order chi connectivity index (χ1) is 19.2. The number of nitriles is 1. The summed E-state index contributed by atoms with van der Waals surface area (Å²) in [6.45, 7) is 7.26. The zero-order chi connectivity index (χ0) is 29.1. The summed E-state index contributed by atoms with van der Waals surface area (Å²) in [6.07, 6.45) is 6.82. The van der Waals surface area contributed by atoms with Crippen molar-refractivity contribution in [1.29, 1.82) is 5.26 Å². The number of fused-ring (bicyclic) bond motifs is 1. The fourth-order valence-electron chi connectivity index (χ4n) is 4.23. The number of hydrogen-bond acceptors (Lipinski definition) is 9. The highest BCUT2D eigenvalue weighted by atomic mass is 16.4. The Kier molecular flexibility index (Phi) is 10.7. The molecule has 0 aliphatic carbocycles. The van der Waals surface area contributed by atoms with Gasteiger partial charge in [0.2, 0.25) is 5.96 Å². The van der Waals surface area contributed by atoms with Crippen molar-refractivity contribution >= 4 is 40.2 Å². The molecule has 1 unspecified atom stereocenters. The Morgan fingerprint density at radius 3 is 2.60 bits per heavy atom. The van der Waals surface area contributed by atoms with Gasteiger partial charge in [-0.1, -0.05) is 19.9 Å². The molecule has 4 rings (SSSR count). The van der Waals surface area contributed by atoms with E-state index in [0.717, 1.165) is 23.5 Å². The lowest BCUT2D eigenvalue weighted by molar-refractivity contribution is -0.134. The number of carboxylic acids is 1. The van der Waals surface area contributed by atoms with Crippen molar-refractivity contribution in [2.75, 3.05) is 37.7 Å². The molecule has 1 fully saturated rings. The molecular weight excluding hydrogens is 514 g/mol. The molecule has 13 nitrogen and oxygen atoms in total. The summed E-state index contributed by atoms with van der Waals surface area (Å²) in [6, 6.07) is 9.64. The fraction of sp³-hybridized carbons (Fsp3) is 0.370. The standard InChI is InChI=1S/C25H29N9O2.C2H4O2/c1-17(2)22-15-33(23-14-29-21(13-30-23)24(36)28-9-12-35)10-11-34(22)25(31-16-26)32-20-7-3-6-19-18(20)5-4-8-27-19;1-2(3)4/h3-8,13-14,17,22,35H,9-12,15H2,1-2H3,(H,28,36)(H,31,32);1H3,(H,3,4). The summed E-state index contributed by atoms with van der Waals surface area (Å²) in [5, 5.41) is 32.0. The van der Waals surface area contributed by atoms with Crippen LogP contribution in [0, 0.1) is 17.4 Å². The number of pyridine rings is 1. The lowest BCUT2D eigenvalue weighted by Crippen LogP contribution is -2.59.